The van der Waals surface area contributed by atoms with Crippen LogP contribution in [0.5, 0.6) is 0 Å². The van der Waals surface area contributed by atoms with Gasteiger partial charge < -0.3 is 15.1 Å². The number of aryl methyl sites for hydroxylation is 2. The van der Waals surface area contributed by atoms with Crippen LogP contribution in [0, 0.1) is 13.8 Å². The van der Waals surface area contributed by atoms with E-state index in [2.05, 4.69) is 25.6 Å². The van der Waals surface area contributed by atoms with E-state index in [1.165, 1.54) is 6.07 Å². The lowest BCUT2D eigenvalue weighted by Crippen LogP contribution is -2.28. The Morgan fingerprint density at radius 2 is 2.00 bits per heavy atom. The van der Waals surface area contributed by atoms with E-state index in [4.69, 9.17) is 4.42 Å². The van der Waals surface area contributed by atoms with Crippen molar-refractivity contribution < 1.29 is 17.6 Å². The van der Waals surface area contributed by atoms with E-state index in [-0.39, 0.29) is 6.54 Å². The third-order valence-electron chi connectivity index (χ3n) is 2.76. The first kappa shape index (κ1) is 16.7. The number of benzene rings is 1. The Morgan fingerprint density at radius 1 is 1.26 bits per heavy atom. The molecule has 0 aliphatic rings. The molecule has 1 aromatic carbocycles. The van der Waals surface area contributed by atoms with Crippen LogP contribution in [-0.4, -0.2) is 30.9 Å². The van der Waals surface area contributed by atoms with E-state index in [9.17, 15) is 13.2 Å². The number of carbonyl (C=O) groups is 1. The predicted octanol–water partition coefficient (Wildman–Crippen LogP) is 1.38. The third kappa shape index (κ3) is 5.25. The van der Waals surface area contributed by atoms with E-state index >= 15 is 0 Å². The largest absolute Gasteiger partial charge is 0.424 e. The number of sulfonamides is 1. The number of hydrogen-bond donors (Lipinski definition) is 3. The maximum Gasteiger partial charge on any atom is 0.319 e. The molecule has 0 aliphatic carbocycles. The van der Waals surface area contributed by atoms with Gasteiger partial charge in [-0.05, 0) is 24.6 Å². The van der Waals surface area contributed by atoms with E-state index in [1.54, 1.807) is 26.0 Å². The van der Waals surface area contributed by atoms with Crippen molar-refractivity contribution in [2.75, 3.05) is 16.3 Å². The summed E-state index contributed by atoms with van der Waals surface area (Å²) in [5, 5.41) is 12.6. The lowest BCUT2D eigenvalue weighted by molar-refractivity contribution is 0.250. The zero-order valence-corrected chi connectivity index (χ0v) is 13.7. The van der Waals surface area contributed by atoms with Crippen LogP contribution in [0.15, 0.2) is 22.6 Å². The molecule has 9 nitrogen and oxygen atoms in total. The van der Waals surface area contributed by atoms with Gasteiger partial charge in [0.05, 0.1) is 18.5 Å². The van der Waals surface area contributed by atoms with Crippen LogP contribution in [0.3, 0.4) is 0 Å². The van der Waals surface area contributed by atoms with Crippen molar-refractivity contribution in [2.45, 2.75) is 20.4 Å². The first-order valence-corrected chi connectivity index (χ1v) is 8.54. The van der Waals surface area contributed by atoms with Crippen molar-refractivity contribution in [3.8, 4) is 0 Å². The van der Waals surface area contributed by atoms with Gasteiger partial charge in [0.1, 0.15) is 0 Å². The van der Waals surface area contributed by atoms with Gasteiger partial charge >= 0.3 is 6.03 Å². The second-order valence-corrected chi connectivity index (χ2v) is 6.67. The number of rotatable bonds is 5. The number of urea groups is 1. The van der Waals surface area contributed by atoms with Crippen LogP contribution in [0.2, 0.25) is 0 Å². The summed E-state index contributed by atoms with van der Waals surface area (Å²) in [6, 6.07) is 4.37. The van der Waals surface area contributed by atoms with Crippen LogP contribution in [0.25, 0.3) is 0 Å². The van der Waals surface area contributed by atoms with Crippen molar-refractivity contribution >= 4 is 27.4 Å². The lowest BCUT2D eigenvalue weighted by Gasteiger charge is -2.11. The van der Waals surface area contributed by atoms with E-state index in [1.807, 2.05) is 0 Å². The zero-order chi connectivity index (χ0) is 17.0. The van der Waals surface area contributed by atoms with Gasteiger partial charge in [0.25, 0.3) is 0 Å². The quantitative estimate of drug-likeness (QED) is 0.755. The molecule has 0 spiro atoms. The maximum absolute atomic E-state index is 11.9. The summed E-state index contributed by atoms with van der Waals surface area (Å²) < 4.78 is 30.0. The van der Waals surface area contributed by atoms with Crippen LogP contribution in [0.4, 0.5) is 16.2 Å². The highest BCUT2D eigenvalue weighted by Crippen LogP contribution is 2.20. The molecule has 124 valence electrons. The summed E-state index contributed by atoms with van der Waals surface area (Å²) in [6.07, 6.45) is 1.05. The molecular formula is C13H17N5O4S. The molecule has 2 aromatic rings. The molecule has 23 heavy (non-hydrogen) atoms. The summed E-state index contributed by atoms with van der Waals surface area (Å²) in [4.78, 5) is 11.9. The van der Waals surface area contributed by atoms with Gasteiger partial charge in [0.2, 0.25) is 21.8 Å². The second-order valence-electron chi connectivity index (χ2n) is 4.93. The van der Waals surface area contributed by atoms with Gasteiger partial charge in [-0.15, -0.1) is 10.2 Å². The molecule has 0 atom stereocenters. The molecular weight excluding hydrogens is 322 g/mol. The summed E-state index contributed by atoms with van der Waals surface area (Å²) in [6.45, 7) is 3.54. The number of aromatic nitrogens is 2. The number of nitrogens with one attached hydrogen (secondary N) is 3. The minimum Gasteiger partial charge on any atom is -0.424 e. The van der Waals surface area contributed by atoms with E-state index < -0.39 is 16.1 Å². The molecule has 2 amide bonds. The lowest BCUT2D eigenvalue weighted by atomic mass is 10.2. The number of anilines is 2. The van der Waals surface area contributed by atoms with Crippen molar-refractivity contribution in [3.63, 3.8) is 0 Å². The molecule has 0 saturated carbocycles. The van der Waals surface area contributed by atoms with Gasteiger partial charge in [-0.3, -0.25) is 4.72 Å². The van der Waals surface area contributed by atoms with Crippen LogP contribution in [-0.2, 0) is 16.6 Å². The minimum atomic E-state index is -3.39. The van der Waals surface area contributed by atoms with E-state index in [0.717, 1.165) is 11.8 Å². The van der Waals surface area contributed by atoms with Gasteiger partial charge in [-0.2, -0.15) is 0 Å². The zero-order valence-electron chi connectivity index (χ0n) is 12.9. The third-order valence-corrected chi connectivity index (χ3v) is 3.36. The highest BCUT2D eigenvalue weighted by Gasteiger charge is 2.09. The Balaban J connectivity index is 2.00. The van der Waals surface area contributed by atoms with Crippen molar-refractivity contribution in [1.82, 2.24) is 15.5 Å². The molecule has 0 unspecified atom stereocenters. The Kier molecular flexibility index (Phi) is 4.84. The Bertz CT molecular complexity index is 816. The van der Waals surface area contributed by atoms with Crippen molar-refractivity contribution in [2.24, 2.45) is 0 Å². The predicted molar refractivity (Wildman–Crippen MR) is 84.5 cm³/mol. The maximum atomic E-state index is 11.9. The number of hydrogen-bond acceptors (Lipinski definition) is 6. The summed E-state index contributed by atoms with van der Waals surface area (Å²) in [7, 11) is -3.39. The van der Waals surface area contributed by atoms with Crippen LogP contribution < -0.4 is 15.4 Å². The summed E-state index contributed by atoms with van der Waals surface area (Å²) >= 11 is 0. The molecule has 1 aromatic heterocycles. The molecule has 0 aliphatic heterocycles. The van der Waals surface area contributed by atoms with E-state index in [0.29, 0.717) is 23.2 Å². The number of amides is 2. The molecule has 2 rings (SSSR count). The average Bonchev–Trinajstić information content (AvgIpc) is 2.84. The van der Waals surface area contributed by atoms with Crippen LogP contribution >= 0.6 is 0 Å². The fourth-order valence-electron chi connectivity index (χ4n) is 1.77. The van der Waals surface area contributed by atoms with Crippen molar-refractivity contribution in [1.29, 1.82) is 0 Å². The second kappa shape index (κ2) is 6.65. The van der Waals surface area contributed by atoms with Crippen LogP contribution in [0.1, 0.15) is 17.3 Å². The summed E-state index contributed by atoms with van der Waals surface area (Å²) in [5.74, 6) is 0.708. The van der Waals surface area contributed by atoms with Gasteiger partial charge in [0.15, 0.2) is 0 Å². The van der Waals surface area contributed by atoms with Gasteiger partial charge in [-0.25, -0.2) is 13.2 Å². The molecule has 0 radical (unpaired) electrons. The minimum absolute atomic E-state index is 0.0903. The molecule has 0 bridgehead atoms. The SMILES string of the molecule is Cc1nnc(CNC(=O)Nc2cc(NS(C)(=O)=O)ccc2C)o1. The molecule has 1 heterocycles. The molecule has 0 fully saturated rings. The fraction of sp³-hybridized carbons (Fsp3) is 0.308. The number of carbonyl (C=O) groups excluding carboxylic acids is 1. The molecule has 0 saturated heterocycles. The topological polar surface area (TPSA) is 126 Å². The number of nitrogens with zero attached hydrogens (tertiary/aromatic N) is 2. The molecule has 3 N–H and O–H groups in total. The smallest absolute Gasteiger partial charge is 0.319 e. The Labute approximate surface area is 133 Å². The highest BCUT2D eigenvalue weighted by molar-refractivity contribution is 7.92. The summed E-state index contributed by atoms with van der Waals surface area (Å²) in [5.41, 5.74) is 1.63. The molecule has 10 heteroatoms. The first-order valence-electron chi connectivity index (χ1n) is 6.65. The van der Waals surface area contributed by atoms with Crippen molar-refractivity contribution in [3.05, 3.63) is 35.5 Å². The Morgan fingerprint density at radius 3 is 2.61 bits per heavy atom. The highest BCUT2D eigenvalue weighted by atomic mass is 32.2. The van der Waals surface area contributed by atoms with Gasteiger partial charge in [-0.1, -0.05) is 6.07 Å². The fourth-order valence-corrected chi connectivity index (χ4v) is 2.32. The van der Waals surface area contributed by atoms with Gasteiger partial charge in [0, 0.05) is 12.6 Å². The first-order chi connectivity index (χ1) is 10.7. The standard InChI is InChI=1S/C13H17N5O4S/c1-8-4-5-10(18-23(3,20)21)6-11(8)15-13(19)14-7-12-17-16-9(2)22-12/h4-6,18H,7H2,1-3H3,(H2,14,15,19). The monoisotopic (exact) mass is 339 g/mol. The normalized spacial score (nSPS) is 11.1. The Hall–Kier alpha value is -2.62. The average molecular weight is 339 g/mol.